The first kappa shape index (κ1) is 28.3. The van der Waals surface area contributed by atoms with E-state index in [0.717, 1.165) is 24.3 Å². The quantitative estimate of drug-likeness (QED) is 0.130. The molecule has 0 amide bonds. The molecule has 0 bridgehead atoms. The molecule has 0 heterocycles. The highest BCUT2D eigenvalue weighted by Gasteiger charge is 2.28. The van der Waals surface area contributed by atoms with Gasteiger partial charge >= 0.3 is 10.1 Å². The van der Waals surface area contributed by atoms with Crippen LogP contribution in [0.15, 0.2) is 0 Å². The molecular formula is C23H49O3S2+. The Kier molecular flexibility index (Phi) is 20.7. The van der Waals surface area contributed by atoms with Crippen molar-refractivity contribution in [2.75, 3.05) is 17.3 Å². The number of unbranched alkanes of at least 4 members (excludes halogenated alkanes) is 14. The molecule has 0 saturated carbocycles. The lowest BCUT2D eigenvalue weighted by molar-refractivity contribution is 0.508. The predicted molar refractivity (Wildman–Crippen MR) is 127 cm³/mol. The molecule has 5 heteroatoms. The molecule has 0 aromatic rings. The van der Waals surface area contributed by atoms with Crippen molar-refractivity contribution in [3.8, 4) is 0 Å². The summed E-state index contributed by atoms with van der Waals surface area (Å²) in [6.07, 6.45) is 21.2. The number of hydrogen-bond acceptors (Lipinski definition) is 3. The van der Waals surface area contributed by atoms with Gasteiger partial charge in [0.05, 0.1) is 5.75 Å². The van der Waals surface area contributed by atoms with Crippen molar-refractivity contribution in [3.05, 3.63) is 0 Å². The first-order chi connectivity index (χ1) is 13.6. The SMILES string of the molecule is CCCCCCCCCC[S+](CCCCCCCCCC)OS(=O)(=O)CCC. The zero-order chi connectivity index (χ0) is 20.9. The third kappa shape index (κ3) is 19.6. The van der Waals surface area contributed by atoms with Crippen LogP contribution in [0.1, 0.15) is 130 Å². The van der Waals surface area contributed by atoms with Gasteiger partial charge in [-0.05, 0) is 35.7 Å². The maximum atomic E-state index is 12.1. The van der Waals surface area contributed by atoms with Crippen molar-refractivity contribution in [2.24, 2.45) is 0 Å². The average Bonchev–Trinajstić information content (AvgIpc) is 2.65. The van der Waals surface area contributed by atoms with Crippen LogP contribution in [0.25, 0.3) is 0 Å². The van der Waals surface area contributed by atoms with Crippen molar-refractivity contribution in [1.82, 2.24) is 0 Å². The van der Waals surface area contributed by atoms with Gasteiger partial charge in [-0.1, -0.05) is 97.8 Å². The number of hydrogen-bond donors (Lipinski definition) is 0. The van der Waals surface area contributed by atoms with E-state index in [1.54, 1.807) is 0 Å². The first-order valence-corrected chi connectivity index (χ1v) is 15.2. The Morgan fingerprint density at radius 2 is 0.893 bits per heavy atom. The summed E-state index contributed by atoms with van der Waals surface area (Å²) in [6, 6.07) is 0. The van der Waals surface area contributed by atoms with Crippen molar-refractivity contribution < 1.29 is 12.0 Å². The molecule has 0 aliphatic carbocycles. The standard InChI is InChI=1S/C23H49O3S2/c1-4-7-9-11-13-15-17-19-21-27(26-28(24,25)23-6-3)22-20-18-16-14-12-10-8-5-2/h4-23H2,1-3H3/q+1. The number of rotatable bonds is 22. The Hall–Kier alpha value is 0.260. The minimum absolute atomic E-state index is 0.158. The second-order valence-electron chi connectivity index (χ2n) is 8.13. The smallest absolute Gasteiger partial charge is 0.195 e. The third-order valence-electron chi connectivity index (χ3n) is 5.11. The molecule has 0 aromatic carbocycles. The van der Waals surface area contributed by atoms with Crippen LogP contribution in [0, 0.1) is 0 Å². The molecule has 0 N–H and O–H groups in total. The molecule has 0 aliphatic heterocycles. The van der Waals surface area contributed by atoms with Gasteiger partial charge in [-0.3, -0.25) is 0 Å². The largest absolute Gasteiger partial charge is 0.311 e. The van der Waals surface area contributed by atoms with E-state index in [2.05, 4.69) is 13.8 Å². The summed E-state index contributed by atoms with van der Waals surface area (Å²) < 4.78 is 29.8. The van der Waals surface area contributed by atoms with E-state index >= 15 is 0 Å². The minimum atomic E-state index is -3.33. The summed E-state index contributed by atoms with van der Waals surface area (Å²) >= 11 is -0.404. The maximum absolute atomic E-state index is 12.1. The van der Waals surface area contributed by atoms with Gasteiger partial charge in [-0.15, -0.1) is 0 Å². The van der Waals surface area contributed by atoms with Crippen molar-refractivity contribution in [1.29, 1.82) is 0 Å². The Bertz CT molecular complexity index is 390. The van der Waals surface area contributed by atoms with Crippen LogP contribution >= 0.6 is 0 Å². The molecular weight excluding hydrogens is 388 g/mol. The van der Waals surface area contributed by atoms with Crippen LogP contribution in [-0.2, 0) is 24.9 Å². The summed E-state index contributed by atoms with van der Waals surface area (Å²) in [5.41, 5.74) is 0. The van der Waals surface area contributed by atoms with Crippen LogP contribution in [-0.4, -0.2) is 25.7 Å². The topological polar surface area (TPSA) is 43.4 Å². The molecule has 0 atom stereocenters. The Morgan fingerprint density at radius 1 is 0.536 bits per heavy atom. The van der Waals surface area contributed by atoms with Gasteiger partial charge in [0.25, 0.3) is 0 Å². The second-order valence-corrected chi connectivity index (χ2v) is 11.9. The maximum Gasteiger partial charge on any atom is 0.311 e. The molecule has 0 aromatic heterocycles. The Labute approximate surface area is 180 Å². The van der Waals surface area contributed by atoms with Gasteiger partial charge in [0.1, 0.15) is 11.5 Å². The molecule has 28 heavy (non-hydrogen) atoms. The molecule has 0 unspecified atom stereocenters. The van der Waals surface area contributed by atoms with E-state index in [1.165, 1.54) is 89.9 Å². The summed E-state index contributed by atoms with van der Waals surface area (Å²) in [7, 11) is -3.33. The highest BCUT2D eigenvalue weighted by Crippen LogP contribution is 2.16. The van der Waals surface area contributed by atoms with Crippen molar-refractivity contribution >= 4 is 21.3 Å². The van der Waals surface area contributed by atoms with Gasteiger partial charge in [0, 0.05) is 0 Å². The third-order valence-corrected chi connectivity index (χ3v) is 9.10. The molecule has 0 aliphatic rings. The fourth-order valence-corrected chi connectivity index (χ4v) is 7.14. The van der Waals surface area contributed by atoms with Gasteiger partial charge in [0.15, 0.2) is 11.2 Å². The monoisotopic (exact) mass is 437 g/mol. The Balaban J connectivity index is 4.01. The van der Waals surface area contributed by atoms with Gasteiger partial charge in [-0.2, -0.15) is 8.42 Å². The van der Waals surface area contributed by atoms with E-state index in [0.29, 0.717) is 6.42 Å². The van der Waals surface area contributed by atoms with Crippen LogP contribution in [0.4, 0.5) is 0 Å². The van der Waals surface area contributed by atoms with Gasteiger partial charge in [-0.25, -0.2) is 0 Å². The second kappa shape index (κ2) is 20.5. The molecule has 170 valence electrons. The highest BCUT2D eigenvalue weighted by atomic mass is 32.3. The van der Waals surface area contributed by atoms with Crippen LogP contribution in [0.2, 0.25) is 0 Å². The summed E-state index contributed by atoms with van der Waals surface area (Å²) in [5.74, 6) is 2.01. The zero-order valence-electron chi connectivity index (χ0n) is 19.2. The summed E-state index contributed by atoms with van der Waals surface area (Å²) in [5, 5.41) is 0. The van der Waals surface area contributed by atoms with E-state index in [-0.39, 0.29) is 5.75 Å². The van der Waals surface area contributed by atoms with Crippen LogP contribution < -0.4 is 0 Å². The molecule has 0 spiro atoms. The fourth-order valence-electron chi connectivity index (χ4n) is 3.39. The van der Waals surface area contributed by atoms with Crippen LogP contribution in [0.5, 0.6) is 0 Å². The van der Waals surface area contributed by atoms with Crippen LogP contribution in [0.3, 0.4) is 0 Å². The van der Waals surface area contributed by atoms with Crippen molar-refractivity contribution in [2.45, 2.75) is 130 Å². The van der Waals surface area contributed by atoms with E-state index < -0.39 is 21.3 Å². The fraction of sp³-hybridized carbons (Fsp3) is 1.00. The average molecular weight is 438 g/mol. The lowest BCUT2D eigenvalue weighted by Crippen LogP contribution is -2.22. The lowest BCUT2D eigenvalue weighted by Gasteiger charge is -2.08. The molecule has 0 rings (SSSR count). The Morgan fingerprint density at radius 3 is 1.25 bits per heavy atom. The normalized spacial score (nSPS) is 12.1. The molecule has 0 fully saturated rings. The lowest BCUT2D eigenvalue weighted by atomic mass is 10.1. The van der Waals surface area contributed by atoms with E-state index in [4.69, 9.17) is 3.63 Å². The summed E-state index contributed by atoms with van der Waals surface area (Å²) in [6.45, 7) is 6.40. The zero-order valence-corrected chi connectivity index (χ0v) is 20.8. The summed E-state index contributed by atoms with van der Waals surface area (Å²) in [4.78, 5) is 0. The minimum Gasteiger partial charge on any atom is -0.195 e. The molecule has 0 saturated heterocycles. The highest BCUT2D eigenvalue weighted by molar-refractivity contribution is 8.02. The van der Waals surface area contributed by atoms with Gasteiger partial charge in [0.2, 0.25) is 0 Å². The molecule has 0 radical (unpaired) electrons. The van der Waals surface area contributed by atoms with Gasteiger partial charge < -0.3 is 0 Å². The van der Waals surface area contributed by atoms with E-state index in [9.17, 15) is 8.42 Å². The van der Waals surface area contributed by atoms with Crippen molar-refractivity contribution in [3.63, 3.8) is 0 Å². The first-order valence-electron chi connectivity index (χ1n) is 12.2. The molecule has 3 nitrogen and oxygen atoms in total. The van der Waals surface area contributed by atoms with E-state index in [1.807, 2.05) is 6.92 Å². The predicted octanol–water partition coefficient (Wildman–Crippen LogP) is 7.56.